The molecule has 8 heteroatoms. The molecule has 23 heavy (non-hydrogen) atoms. The second-order valence-corrected chi connectivity index (χ2v) is 6.82. The number of ketones is 1. The van der Waals surface area contributed by atoms with Crippen LogP contribution in [0.1, 0.15) is 24.8 Å². The maximum Gasteiger partial charge on any atom is 0.427 e. The number of aliphatic hydroxyl groups excluding tert-OH is 1. The molecule has 1 aromatic carbocycles. The molecule has 0 bridgehead atoms. The van der Waals surface area contributed by atoms with Gasteiger partial charge in [0.05, 0.1) is 5.92 Å². The smallest absolute Gasteiger partial charge is 0.427 e. The number of phenolic OH excluding ortho intramolecular Hbond substituents is 1. The van der Waals surface area contributed by atoms with Crippen molar-refractivity contribution in [3.8, 4) is 5.75 Å². The Labute approximate surface area is 133 Å². The van der Waals surface area contributed by atoms with E-state index in [9.17, 15) is 19.6 Å². The van der Waals surface area contributed by atoms with Gasteiger partial charge in [-0.3, -0.25) is 9.88 Å². The van der Waals surface area contributed by atoms with Gasteiger partial charge >= 0.3 is 7.75 Å². The number of rotatable bonds is 5. The fraction of sp³-hybridized carbons (Fsp3) is 0.267. The van der Waals surface area contributed by atoms with Crippen LogP contribution in [-0.4, -0.2) is 25.8 Å². The van der Waals surface area contributed by atoms with Crippen molar-refractivity contribution in [3.63, 3.8) is 0 Å². The van der Waals surface area contributed by atoms with Crippen LogP contribution in [0.3, 0.4) is 0 Å². The first-order valence-corrected chi connectivity index (χ1v) is 8.56. The molecule has 2 atom stereocenters. The van der Waals surface area contributed by atoms with Crippen LogP contribution in [0.4, 0.5) is 0 Å². The standard InChI is InChI=1S/C15H18NO6P/c1-9(10-2-4-11(17)5-3-10)6-13-14(16-23(20,21)22)7-12(18)8-15(13)19/h2-5,7-9,13,17-18H,6H2,1H3,(H3,16,20,21,22). The van der Waals surface area contributed by atoms with Gasteiger partial charge in [-0.15, -0.1) is 0 Å². The zero-order valence-electron chi connectivity index (χ0n) is 12.4. The van der Waals surface area contributed by atoms with Gasteiger partial charge in [-0.05, 0) is 30.0 Å². The lowest BCUT2D eigenvalue weighted by atomic mass is 9.84. The largest absolute Gasteiger partial charge is 0.508 e. The number of aromatic hydroxyl groups is 1. The van der Waals surface area contributed by atoms with E-state index in [0.29, 0.717) is 6.42 Å². The number of carbonyl (C=O) groups is 1. The summed E-state index contributed by atoms with van der Waals surface area (Å²) in [5.74, 6) is -1.53. The van der Waals surface area contributed by atoms with Crippen LogP contribution < -0.4 is 5.09 Å². The van der Waals surface area contributed by atoms with Gasteiger partial charge in [-0.1, -0.05) is 19.1 Å². The average Bonchev–Trinajstić information content (AvgIpc) is 2.41. The van der Waals surface area contributed by atoms with Crippen molar-refractivity contribution in [1.29, 1.82) is 0 Å². The van der Waals surface area contributed by atoms with E-state index in [1.807, 2.05) is 12.0 Å². The van der Waals surface area contributed by atoms with E-state index in [1.54, 1.807) is 12.1 Å². The molecule has 2 rings (SSSR count). The Morgan fingerprint density at radius 3 is 2.35 bits per heavy atom. The lowest BCUT2D eigenvalue weighted by molar-refractivity contribution is -0.117. The highest BCUT2D eigenvalue weighted by atomic mass is 31.2. The number of aliphatic hydroxyl groups is 1. The van der Waals surface area contributed by atoms with Crippen molar-refractivity contribution in [2.75, 3.05) is 0 Å². The molecule has 1 aromatic rings. The van der Waals surface area contributed by atoms with Crippen LogP contribution >= 0.6 is 7.75 Å². The first-order chi connectivity index (χ1) is 10.7. The number of nitrogens with one attached hydrogen (secondary N) is 1. The summed E-state index contributed by atoms with van der Waals surface area (Å²) in [6, 6.07) is 6.51. The Bertz CT molecular complexity index is 703. The van der Waals surface area contributed by atoms with Gasteiger partial charge in [0.2, 0.25) is 0 Å². The lowest BCUT2D eigenvalue weighted by Crippen LogP contribution is -2.28. The minimum atomic E-state index is -4.59. The quantitative estimate of drug-likeness (QED) is 0.520. The minimum absolute atomic E-state index is 0.00559. The molecule has 2 unspecified atom stereocenters. The molecule has 0 radical (unpaired) electrons. The maximum absolute atomic E-state index is 12.1. The predicted octanol–water partition coefficient (Wildman–Crippen LogP) is 2.09. The number of hydrogen-bond acceptors (Lipinski definition) is 4. The number of carbonyl (C=O) groups excluding carboxylic acids is 1. The second-order valence-electron chi connectivity index (χ2n) is 5.51. The monoisotopic (exact) mass is 339 g/mol. The molecule has 0 spiro atoms. The van der Waals surface area contributed by atoms with E-state index in [2.05, 4.69) is 0 Å². The van der Waals surface area contributed by atoms with E-state index in [4.69, 9.17) is 9.79 Å². The van der Waals surface area contributed by atoms with Crippen molar-refractivity contribution in [2.24, 2.45) is 5.92 Å². The third-order valence-corrected chi connectivity index (χ3v) is 4.19. The highest BCUT2D eigenvalue weighted by Gasteiger charge is 2.31. The Balaban J connectivity index is 2.21. The predicted molar refractivity (Wildman–Crippen MR) is 83.6 cm³/mol. The number of phenols is 1. The van der Waals surface area contributed by atoms with Crippen LogP contribution in [0.2, 0.25) is 0 Å². The van der Waals surface area contributed by atoms with Crippen LogP contribution in [-0.2, 0) is 9.36 Å². The molecule has 124 valence electrons. The van der Waals surface area contributed by atoms with Crippen molar-refractivity contribution in [3.05, 3.63) is 53.4 Å². The molecule has 0 heterocycles. The van der Waals surface area contributed by atoms with E-state index in [0.717, 1.165) is 17.7 Å². The summed E-state index contributed by atoms with van der Waals surface area (Å²) in [5, 5.41) is 20.8. The highest BCUT2D eigenvalue weighted by molar-refractivity contribution is 7.49. The van der Waals surface area contributed by atoms with Crippen molar-refractivity contribution < 1.29 is 29.4 Å². The third-order valence-electron chi connectivity index (χ3n) is 3.64. The van der Waals surface area contributed by atoms with Crippen molar-refractivity contribution in [2.45, 2.75) is 19.3 Å². The fourth-order valence-electron chi connectivity index (χ4n) is 2.52. The summed E-state index contributed by atoms with van der Waals surface area (Å²) in [6.45, 7) is 1.87. The van der Waals surface area contributed by atoms with E-state index < -0.39 is 19.4 Å². The van der Waals surface area contributed by atoms with Gasteiger partial charge < -0.3 is 20.0 Å². The Morgan fingerprint density at radius 1 is 1.17 bits per heavy atom. The number of hydrogen-bond donors (Lipinski definition) is 5. The first kappa shape index (κ1) is 17.3. The molecule has 0 aromatic heterocycles. The summed E-state index contributed by atoms with van der Waals surface area (Å²) in [4.78, 5) is 30.2. The number of allylic oxidation sites excluding steroid dienone is 3. The molecule has 0 aliphatic heterocycles. The van der Waals surface area contributed by atoms with Gasteiger partial charge in [0.25, 0.3) is 0 Å². The summed E-state index contributed by atoms with van der Waals surface area (Å²) < 4.78 is 11.2. The minimum Gasteiger partial charge on any atom is -0.508 e. The molecule has 0 saturated heterocycles. The zero-order chi connectivity index (χ0) is 17.2. The molecule has 7 nitrogen and oxygen atoms in total. The summed E-state index contributed by atoms with van der Waals surface area (Å²) in [7, 11) is -4.59. The summed E-state index contributed by atoms with van der Waals surface area (Å²) in [5.41, 5.74) is 0.874. The van der Waals surface area contributed by atoms with E-state index in [1.165, 1.54) is 12.1 Å². The molecule has 5 N–H and O–H groups in total. The van der Waals surface area contributed by atoms with Gasteiger partial charge in [0, 0.05) is 17.8 Å². The topological polar surface area (TPSA) is 127 Å². The molecule has 1 aliphatic rings. The highest BCUT2D eigenvalue weighted by Crippen LogP contribution is 2.37. The average molecular weight is 339 g/mol. The Kier molecular flexibility index (Phi) is 4.94. The van der Waals surface area contributed by atoms with Gasteiger partial charge in [-0.25, -0.2) is 4.57 Å². The van der Waals surface area contributed by atoms with E-state index in [-0.39, 0.29) is 23.1 Å². The summed E-state index contributed by atoms with van der Waals surface area (Å²) in [6.07, 6.45) is 2.49. The van der Waals surface area contributed by atoms with Crippen LogP contribution in [0, 0.1) is 5.92 Å². The van der Waals surface area contributed by atoms with Crippen LogP contribution in [0.5, 0.6) is 5.75 Å². The molecule has 0 amide bonds. The van der Waals surface area contributed by atoms with Gasteiger partial charge in [0.15, 0.2) is 5.78 Å². The van der Waals surface area contributed by atoms with Crippen molar-refractivity contribution >= 4 is 13.5 Å². The van der Waals surface area contributed by atoms with Gasteiger partial charge in [0.1, 0.15) is 11.5 Å². The molecular formula is C15H18NO6P. The molecular weight excluding hydrogens is 321 g/mol. The molecule has 1 aliphatic carbocycles. The third kappa shape index (κ3) is 4.69. The zero-order valence-corrected chi connectivity index (χ0v) is 13.3. The number of benzene rings is 1. The normalized spacial score (nSPS) is 19.8. The maximum atomic E-state index is 12.1. The first-order valence-electron chi connectivity index (χ1n) is 6.94. The molecule has 0 fully saturated rings. The van der Waals surface area contributed by atoms with E-state index >= 15 is 0 Å². The summed E-state index contributed by atoms with van der Waals surface area (Å²) >= 11 is 0. The molecule has 0 saturated carbocycles. The lowest BCUT2D eigenvalue weighted by Gasteiger charge is -2.25. The SMILES string of the molecule is CC(CC1C(=O)C=C(O)C=C1NP(=O)(O)O)c1ccc(O)cc1. The van der Waals surface area contributed by atoms with Crippen LogP contribution in [0.15, 0.2) is 47.9 Å². The Morgan fingerprint density at radius 2 is 1.78 bits per heavy atom. The van der Waals surface area contributed by atoms with Crippen LogP contribution in [0.25, 0.3) is 0 Å². The Hall–Kier alpha value is -2.08. The van der Waals surface area contributed by atoms with Gasteiger partial charge in [-0.2, -0.15) is 0 Å². The fourth-order valence-corrected chi connectivity index (χ4v) is 3.07. The van der Waals surface area contributed by atoms with Crippen molar-refractivity contribution in [1.82, 2.24) is 5.09 Å². The second kappa shape index (κ2) is 6.58.